The molecule has 0 spiro atoms. The maximum Gasteiger partial charge on any atom is 0.371 e. The van der Waals surface area contributed by atoms with Gasteiger partial charge < -0.3 is 24.7 Å². The first-order valence-corrected chi connectivity index (χ1v) is 4.97. The Morgan fingerprint density at radius 1 is 1.54 bits per heavy atom. The molecule has 4 N–H and O–H groups in total. The molecule has 0 aliphatic rings. The average molecular weight is 214 g/mol. The van der Waals surface area contributed by atoms with Crippen molar-refractivity contribution in [2.75, 3.05) is 13.2 Å². The molecule has 0 aliphatic heterocycles. The quantitative estimate of drug-likeness (QED) is 0.431. The number of carboxylic acid groups (broad SMARTS) is 1. The number of carbonyl (C=O) groups is 1. The molecule has 0 aromatic carbocycles. The lowest BCUT2D eigenvalue weighted by Crippen LogP contribution is -2.44. The Hall–Kier alpha value is -0.460. The standard InChI is InChI=1S/C5H11O7P/c1-2-12-5(3-6,4(7)8)13(9,10)11/h6H,2-3H2,1H3,(H,7,8)(H2,9,10,11). The van der Waals surface area contributed by atoms with Gasteiger partial charge in [-0.25, -0.2) is 4.79 Å². The third-order valence-electron chi connectivity index (χ3n) is 1.40. The van der Waals surface area contributed by atoms with Crippen LogP contribution in [0.15, 0.2) is 0 Å². The van der Waals surface area contributed by atoms with Crippen molar-refractivity contribution < 1.29 is 34.1 Å². The van der Waals surface area contributed by atoms with Crippen molar-refractivity contribution in [2.45, 2.75) is 12.3 Å². The van der Waals surface area contributed by atoms with Gasteiger partial charge in [0, 0.05) is 6.61 Å². The minimum absolute atomic E-state index is 0.224. The van der Waals surface area contributed by atoms with E-state index in [1.807, 2.05) is 0 Å². The Labute approximate surface area is 74.1 Å². The molecule has 0 fully saturated rings. The summed E-state index contributed by atoms with van der Waals surface area (Å²) in [7, 11) is -5.05. The molecule has 1 unspecified atom stereocenters. The molecule has 0 bridgehead atoms. The fourth-order valence-corrected chi connectivity index (χ4v) is 1.45. The molecule has 0 radical (unpaired) electrons. The predicted octanol–water partition coefficient (Wildman–Crippen LogP) is -1.03. The molecule has 8 heteroatoms. The van der Waals surface area contributed by atoms with Gasteiger partial charge in [0.15, 0.2) is 0 Å². The third-order valence-corrected chi connectivity index (χ3v) is 2.81. The van der Waals surface area contributed by atoms with Crippen molar-refractivity contribution in [3.63, 3.8) is 0 Å². The number of hydrogen-bond donors (Lipinski definition) is 4. The maximum atomic E-state index is 10.7. The van der Waals surface area contributed by atoms with Crippen LogP contribution in [-0.4, -0.2) is 44.5 Å². The van der Waals surface area contributed by atoms with E-state index >= 15 is 0 Å². The van der Waals surface area contributed by atoms with Gasteiger partial charge in [-0.15, -0.1) is 0 Å². The second-order valence-corrected chi connectivity index (χ2v) is 4.04. The van der Waals surface area contributed by atoms with Gasteiger partial charge >= 0.3 is 13.6 Å². The Morgan fingerprint density at radius 2 is 2.00 bits per heavy atom. The van der Waals surface area contributed by atoms with Crippen LogP contribution in [0, 0.1) is 0 Å². The molecule has 13 heavy (non-hydrogen) atoms. The Morgan fingerprint density at radius 3 is 2.08 bits per heavy atom. The van der Waals surface area contributed by atoms with E-state index in [1.165, 1.54) is 6.92 Å². The summed E-state index contributed by atoms with van der Waals surface area (Å²) in [6.07, 6.45) is 0. The molecule has 7 nitrogen and oxygen atoms in total. The molecule has 0 aromatic heterocycles. The summed E-state index contributed by atoms with van der Waals surface area (Å²) in [5, 5.41) is 14.3. The second-order valence-electron chi connectivity index (χ2n) is 2.22. The fourth-order valence-electron chi connectivity index (χ4n) is 0.715. The molecule has 0 heterocycles. The van der Waals surface area contributed by atoms with Gasteiger partial charge in [-0.3, -0.25) is 4.57 Å². The fraction of sp³-hybridized carbons (Fsp3) is 0.800. The first-order valence-electron chi connectivity index (χ1n) is 3.35. The third kappa shape index (κ3) is 2.26. The first-order chi connectivity index (χ1) is 5.81. The zero-order valence-corrected chi connectivity index (χ0v) is 7.77. The molecular formula is C5H11O7P. The van der Waals surface area contributed by atoms with Crippen LogP contribution in [-0.2, 0) is 14.1 Å². The highest BCUT2D eigenvalue weighted by Gasteiger charge is 2.55. The number of aliphatic hydroxyl groups is 1. The van der Waals surface area contributed by atoms with Crippen molar-refractivity contribution >= 4 is 13.6 Å². The highest BCUT2D eigenvalue weighted by atomic mass is 31.2. The minimum Gasteiger partial charge on any atom is -0.479 e. The van der Waals surface area contributed by atoms with E-state index in [-0.39, 0.29) is 6.61 Å². The lowest BCUT2D eigenvalue weighted by Gasteiger charge is -2.27. The topological polar surface area (TPSA) is 124 Å². The van der Waals surface area contributed by atoms with E-state index < -0.39 is 25.5 Å². The number of aliphatic carboxylic acids is 1. The van der Waals surface area contributed by atoms with Crippen LogP contribution < -0.4 is 0 Å². The molecule has 0 saturated carbocycles. The van der Waals surface area contributed by atoms with Crippen LogP contribution >= 0.6 is 7.60 Å². The second kappa shape index (κ2) is 4.17. The summed E-state index contributed by atoms with van der Waals surface area (Å²) >= 11 is 0. The zero-order chi connectivity index (χ0) is 10.7. The van der Waals surface area contributed by atoms with Crippen molar-refractivity contribution in [3.8, 4) is 0 Å². The van der Waals surface area contributed by atoms with Crippen LogP contribution in [0.25, 0.3) is 0 Å². The Bertz CT molecular complexity index is 233. The Balaban J connectivity index is 5.11. The number of aliphatic hydroxyl groups excluding tert-OH is 1. The first kappa shape index (κ1) is 12.5. The van der Waals surface area contributed by atoms with Crippen molar-refractivity contribution in [3.05, 3.63) is 0 Å². The number of ether oxygens (including phenoxy) is 1. The summed E-state index contributed by atoms with van der Waals surface area (Å²) in [5.74, 6) is -1.88. The van der Waals surface area contributed by atoms with E-state index in [0.717, 1.165) is 0 Å². The maximum absolute atomic E-state index is 10.7. The summed E-state index contributed by atoms with van der Waals surface area (Å²) in [5.41, 5.74) is 0. The Kier molecular flexibility index (Phi) is 4.02. The van der Waals surface area contributed by atoms with Gasteiger partial charge in [0.1, 0.15) is 0 Å². The monoisotopic (exact) mass is 214 g/mol. The van der Waals surface area contributed by atoms with Crippen LogP contribution in [0.5, 0.6) is 0 Å². The van der Waals surface area contributed by atoms with Crippen LogP contribution in [0.4, 0.5) is 0 Å². The largest absolute Gasteiger partial charge is 0.479 e. The minimum atomic E-state index is -5.05. The zero-order valence-electron chi connectivity index (χ0n) is 6.88. The predicted molar refractivity (Wildman–Crippen MR) is 41.1 cm³/mol. The average Bonchev–Trinajstić information content (AvgIpc) is 1.96. The van der Waals surface area contributed by atoms with E-state index in [9.17, 15) is 9.36 Å². The van der Waals surface area contributed by atoms with Crippen LogP contribution in [0.3, 0.4) is 0 Å². The van der Waals surface area contributed by atoms with Crippen molar-refractivity contribution in [1.29, 1.82) is 0 Å². The van der Waals surface area contributed by atoms with Crippen LogP contribution in [0.1, 0.15) is 6.92 Å². The molecular weight excluding hydrogens is 203 g/mol. The lowest BCUT2D eigenvalue weighted by atomic mass is 10.4. The summed E-state index contributed by atoms with van der Waals surface area (Å²) in [6, 6.07) is 0. The van der Waals surface area contributed by atoms with Crippen LogP contribution in [0.2, 0.25) is 0 Å². The molecule has 78 valence electrons. The van der Waals surface area contributed by atoms with Gasteiger partial charge in [0.25, 0.3) is 5.34 Å². The highest BCUT2D eigenvalue weighted by Crippen LogP contribution is 2.51. The molecule has 0 rings (SSSR count). The van der Waals surface area contributed by atoms with Crippen molar-refractivity contribution in [2.24, 2.45) is 0 Å². The van der Waals surface area contributed by atoms with Gasteiger partial charge in [0.05, 0.1) is 6.61 Å². The van der Waals surface area contributed by atoms with E-state index in [2.05, 4.69) is 4.74 Å². The van der Waals surface area contributed by atoms with E-state index in [0.29, 0.717) is 0 Å². The molecule has 0 amide bonds. The highest BCUT2D eigenvalue weighted by molar-refractivity contribution is 7.54. The lowest BCUT2D eigenvalue weighted by molar-refractivity contribution is -0.160. The van der Waals surface area contributed by atoms with Gasteiger partial charge in [-0.1, -0.05) is 0 Å². The molecule has 0 saturated heterocycles. The number of carboxylic acids is 1. The summed E-state index contributed by atoms with van der Waals surface area (Å²) in [4.78, 5) is 27.9. The van der Waals surface area contributed by atoms with Gasteiger partial charge in [-0.2, -0.15) is 0 Å². The molecule has 0 aromatic rings. The van der Waals surface area contributed by atoms with E-state index in [4.69, 9.17) is 20.0 Å². The SMILES string of the molecule is CCOC(CO)(C(=O)O)P(=O)(O)O. The molecule has 1 atom stereocenters. The number of hydrogen-bond acceptors (Lipinski definition) is 4. The summed E-state index contributed by atoms with van der Waals surface area (Å²) < 4.78 is 15.1. The smallest absolute Gasteiger partial charge is 0.371 e. The normalized spacial score (nSPS) is 16.6. The number of rotatable bonds is 5. The van der Waals surface area contributed by atoms with Gasteiger partial charge in [0.2, 0.25) is 0 Å². The molecule has 0 aliphatic carbocycles. The van der Waals surface area contributed by atoms with Gasteiger partial charge in [-0.05, 0) is 6.92 Å². The summed E-state index contributed by atoms with van der Waals surface area (Å²) in [6.45, 7) is -0.137. The van der Waals surface area contributed by atoms with Crippen molar-refractivity contribution in [1.82, 2.24) is 0 Å². The van der Waals surface area contributed by atoms with E-state index in [1.54, 1.807) is 0 Å².